The van der Waals surface area contributed by atoms with Gasteiger partial charge in [-0.2, -0.15) is 0 Å². The zero-order valence-electron chi connectivity index (χ0n) is 19.7. The van der Waals surface area contributed by atoms with E-state index in [0.29, 0.717) is 11.7 Å². The number of carbonyl (C=O) groups excluding carboxylic acids is 1. The molecule has 0 radical (unpaired) electrons. The average molecular weight is 448 g/mol. The van der Waals surface area contributed by atoms with Crippen LogP contribution in [0.1, 0.15) is 61.0 Å². The molecule has 0 aliphatic carbocycles. The molecule has 0 saturated heterocycles. The van der Waals surface area contributed by atoms with Crippen LogP contribution in [0.5, 0.6) is 0 Å². The number of fused-ring (bicyclic) bond motifs is 1. The molecule has 174 valence electrons. The molecule has 2 aromatic heterocycles. The Hall–Kier alpha value is -3.19. The second-order valence-electron chi connectivity index (χ2n) is 9.19. The van der Waals surface area contributed by atoms with E-state index in [9.17, 15) is 4.79 Å². The van der Waals surface area contributed by atoms with Gasteiger partial charge >= 0.3 is 0 Å². The van der Waals surface area contributed by atoms with Crippen molar-refractivity contribution in [1.29, 1.82) is 0 Å². The highest BCUT2D eigenvalue weighted by molar-refractivity contribution is 5.91. The Morgan fingerprint density at radius 2 is 1.94 bits per heavy atom. The van der Waals surface area contributed by atoms with Crippen LogP contribution in [0.4, 0.5) is 0 Å². The summed E-state index contributed by atoms with van der Waals surface area (Å²) >= 11 is 0. The lowest BCUT2D eigenvalue weighted by molar-refractivity contribution is 0.0900. The Bertz CT molecular complexity index is 1070. The summed E-state index contributed by atoms with van der Waals surface area (Å²) in [6, 6.07) is 13.6. The Kier molecular flexibility index (Phi) is 7.40. The van der Waals surface area contributed by atoms with Crippen LogP contribution in [0, 0.1) is 5.92 Å². The van der Waals surface area contributed by atoms with Crippen molar-refractivity contribution in [3.05, 3.63) is 77.3 Å². The molecule has 7 heteroatoms. The van der Waals surface area contributed by atoms with Crippen molar-refractivity contribution in [1.82, 2.24) is 25.0 Å². The fourth-order valence-electron chi connectivity index (χ4n) is 4.37. The Balaban J connectivity index is 1.45. The molecule has 33 heavy (non-hydrogen) atoms. The van der Waals surface area contributed by atoms with Gasteiger partial charge < -0.3 is 14.3 Å². The Morgan fingerprint density at radius 1 is 1.12 bits per heavy atom. The average Bonchev–Trinajstić information content (AvgIpc) is 3.42. The molecule has 3 aromatic rings. The first-order valence-corrected chi connectivity index (χ1v) is 11.7. The van der Waals surface area contributed by atoms with E-state index in [0.717, 1.165) is 50.7 Å². The summed E-state index contributed by atoms with van der Waals surface area (Å²) in [6.07, 6.45) is 5.39. The summed E-state index contributed by atoms with van der Waals surface area (Å²) in [5.74, 6) is 2.30. The number of furan rings is 1. The highest BCUT2D eigenvalue weighted by atomic mass is 16.3. The summed E-state index contributed by atoms with van der Waals surface area (Å²) in [4.78, 5) is 15.1. The first kappa shape index (κ1) is 23.0. The maximum Gasteiger partial charge on any atom is 0.287 e. The van der Waals surface area contributed by atoms with E-state index >= 15 is 0 Å². The van der Waals surface area contributed by atoms with E-state index in [1.54, 1.807) is 12.1 Å². The van der Waals surface area contributed by atoms with Crippen LogP contribution >= 0.6 is 0 Å². The van der Waals surface area contributed by atoms with Gasteiger partial charge in [0.1, 0.15) is 5.82 Å². The molecule has 0 bridgehead atoms. The summed E-state index contributed by atoms with van der Waals surface area (Å²) in [7, 11) is 0. The maximum atomic E-state index is 12.7. The Morgan fingerprint density at radius 3 is 2.67 bits per heavy atom. The van der Waals surface area contributed by atoms with Crippen LogP contribution in [0.2, 0.25) is 0 Å². The zero-order chi connectivity index (χ0) is 23.2. The first-order chi connectivity index (χ1) is 16.0. The van der Waals surface area contributed by atoms with Crippen LogP contribution in [0.15, 0.2) is 58.7 Å². The first-order valence-electron chi connectivity index (χ1n) is 11.7. The Labute approximate surface area is 195 Å². The van der Waals surface area contributed by atoms with Crippen LogP contribution in [-0.4, -0.2) is 45.2 Å². The van der Waals surface area contributed by atoms with E-state index in [-0.39, 0.29) is 11.9 Å². The molecular formula is C26H33N5O2. The van der Waals surface area contributed by atoms with Crippen molar-refractivity contribution in [3.63, 3.8) is 0 Å². The predicted octanol–water partition coefficient (Wildman–Crippen LogP) is 4.35. The quantitative estimate of drug-likeness (QED) is 0.556. The fraction of sp³-hybridized carbons (Fsp3) is 0.423. The fourth-order valence-corrected chi connectivity index (χ4v) is 4.37. The number of nitrogens with zero attached hydrogens (tertiary/aromatic N) is 4. The number of hydrogen-bond acceptors (Lipinski definition) is 5. The molecule has 0 spiro atoms. The summed E-state index contributed by atoms with van der Waals surface area (Å²) in [5.41, 5.74) is 2.57. The van der Waals surface area contributed by atoms with Gasteiger partial charge in [-0.1, -0.05) is 55.8 Å². The normalized spacial score (nSPS) is 15.8. The van der Waals surface area contributed by atoms with E-state index in [4.69, 9.17) is 4.42 Å². The van der Waals surface area contributed by atoms with Gasteiger partial charge in [-0.05, 0) is 37.0 Å². The van der Waals surface area contributed by atoms with Gasteiger partial charge in [-0.15, -0.1) is 10.2 Å². The van der Waals surface area contributed by atoms with Crippen LogP contribution in [-0.2, 0) is 13.0 Å². The number of hydrogen-bond donors (Lipinski definition) is 1. The largest absolute Gasteiger partial charge is 0.459 e. The van der Waals surface area contributed by atoms with Gasteiger partial charge in [-0.3, -0.25) is 9.69 Å². The topological polar surface area (TPSA) is 76.2 Å². The third kappa shape index (κ3) is 5.99. The molecule has 4 rings (SSSR count). The lowest BCUT2D eigenvalue weighted by atomic mass is 10.0. The van der Waals surface area contributed by atoms with Crippen LogP contribution < -0.4 is 5.32 Å². The molecule has 1 aliphatic heterocycles. The van der Waals surface area contributed by atoms with Crippen molar-refractivity contribution in [2.75, 3.05) is 19.6 Å². The minimum Gasteiger partial charge on any atom is -0.459 e. The third-order valence-electron chi connectivity index (χ3n) is 5.90. The number of amides is 1. The molecule has 0 unspecified atom stereocenters. The van der Waals surface area contributed by atoms with Gasteiger partial charge in [0.25, 0.3) is 5.91 Å². The van der Waals surface area contributed by atoms with Crippen molar-refractivity contribution in [3.8, 4) is 0 Å². The van der Waals surface area contributed by atoms with Crippen molar-refractivity contribution < 1.29 is 9.21 Å². The SMILES string of the molecule is C/C(=C\c1ccccc1)CN1CCc2nnc([C@H](CC(C)C)NC(=O)c3ccco3)n2CC1. The minimum atomic E-state index is -0.222. The lowest BCUT2D eigenvalue weighted by Crippen LogP contribution is -2.32. The molecule has 1 aliphatic rings. The van der Waals surface area contributed by atoms with Gasteiger partial charge in [0, 0.05) is 32.6 Å². The molecule has 0 saturated carbocycles. The van der Waals surface area contributed by atoms with Crippen molar-refractivity contribution in [2.24, 2.45) is 5.92 Å². The number of rotatable bonds is 8. The van der Waals surface area contributed by atoms with Gasteiger partial charge in [-0.25, -0.2) is 0 Å². The van der Waals surface area contributed by atoms with Crippen LogP contribution in [0.25, 0.3) is 6.08 Å². The molecule has 1 aromatic carbocycles. The standard InChI is InChI=1S/C26H33N5O2/c1-19(2)16-22(27-26(32)23-10-7-15-33-23)25-29-28-24-11-12-30(13-14-31(24)25)18-20(3)17-21-8-5-4-6-9-21/h4-10,15,17,19,22H,11-14,16,18H2,1-3H3,(H,27,32)/b20-17+/t22-/m0/s1. The number of benzene rings is 1. The predicted molar refractivity (Wildman–Crippen MR) is 129 cm³/mol. The second-order valence-corrected chi connectivity index (χ2v) is 9.19. The molecule has 1 N–H and O–H groups in total. The molecular weight excluding hydrogens is 414 g/mol. The monoisotopic (exact) mass is 447 g/mol. The zero-order valence-corrected chi connectivity index (χ0v) is 19.7. The van der Waals surface area contributed by atoms with Gasteiger partial charge in [0.2, 0.25) is 0 Å². The number of aromatic nitrogens is 3. The van der Waals surface area contributed by atoms with E-state index < -0.39 is 0 Å². The lowest BCUT2D eigenvalue weighted by Gasteiger charge is -2.22. The van der Waals surface area contributed by atoms with Gasteiger partial charge in [0.15, 0.2) is 11.6 Å². The van der Waals surface area contributed by atoms with E-state index in [2.05, 4.69) is 76.1 Å². The van der Waals surface area contributed by atoms with Crippen molar-refractivity contribution >= 4 is 12.0 Å². The third-order valence-corrected chi connectivity index (χ3v) is 5.90. The number of carbonyl (C=O) groups is 1. The maximum absolute atomic E-state index is 12.7. The van der Waals surface area contributed by atoms with Gasteiger partial charge in [0.05, 0.1) is 12.3 Å². The smallest absolute Gasteiger partial charge is 0.287 e. The minimum absolute atomic E-state index is 0.213. The molecule has 1 amide bonds. The summed E-state index contributed by atoms with van der Waals surface area (Å²) in [5, 5.41) is 12.1. The summed E-state index contributed by atoms with van der Waals surface area (Å²) < 4.78 is 7.48. The van der Waals surface area contributed by atoms with E-state index in [1.807, 2.05) is 6.07 Å². The molecule has 1 atom stereocenters. The highest BCUT2D eigenvalue weighted by Crippen LogP contribution is 2.23. The molecule has 7 nitrogen and oxygen atoms in total. The van der Waals surface area contributed by atoms with Crippen molar-refractivity contribution in [2.45, 2.75) is 46.2 Å². The number of nitrogens with one attached hydrogen (secondary N) is 1. The molecule has 3 heterocycles. The second kappa shape index (κ2) is 10.6. The highest BCUT2D eigenvalue weighted by Gasteiger charge is 2.27. The van der Waals surface area contributed by atoms with E-state index in [1.165, 1.54) is 17.4 Å². The van der Waals surface area contributed by atoms with Crippen LogP contribution in [0.3, 0.4) is 0 Å². The summed E-state index contributed by atoms with van der Waals surface area (Å²) in [6.45, 7) is 10.1. The molecule has 0 fully saturated rings.